The van der Waals surface area contributed by atoms with Gasteiger partial charge in [-0.3, -0.25) is 9.59 Å². The number of carbonyl (C=O) groups is 2. The lowest BCUT2D eigenvalue weighted by atomic mass is 9.82. The highest BCUT2D eigenvalue weighted by atomic mass is 16.5. The lowest BCUT2D eigenvalue weighted by Gasteiger charge is -2.26. The summed E-state index contributed by atoms with van der Waals surface area (Å²) in [7, 11) is 0. The summed E-state index contributed by atoms with van der Waals surface area (Å²) < 4.78 is 5.68. The smallest absolute Gasteiger partial charge is 0.307 e. The molecule has 1 aliphatic heterocycles. The fourth-order valence-electron chi connectivity index (χ4n) is 3.51. The Labute approximate surface area is 123 Å². The second kappa shape index (κ2) is 5.48. The summed E-state index contributed by atoms with van der Waals surface area (Å²) in [6.45, 7) is 0.650. The molecule has 2 aliphatic rings. The number of benzene rings is 1. The molecule has 0 radical (unpaired) electrons. The minimum absolute atomic E-state index is 0.00924. The number of ether oxygens (including phenoxy) is 1. The van der Waals surface area contributed by atoms with Gasteiger partial charge in [-0.15, -0.1) is 0 Å². The predicted octanol–water partition coefficient (Wildman–Crippen LogP) is 2.21. The highest BCUT2D eigenvalue weighted by Crippen LogP contribution is 2.48. The largest absolute Gasteiger partial charge is 0.481 e. The van der Waals surface area contributed by atoms with E-state index in [0.29, 0.717) is 17.9 Å². The van der Waals surface area contributed by atoms with E-state index in [0.717, 1.165) is 25.7 Å². The van der Waals surface area contributed by atoms with Crippen LogP contribution in [-0.2, 0) is 20.7 Å². The van der Waals surface area contributed by atoms with Crippen LogP contribution in [0.4, 0.5) is 5.69 Å². The molecule has 1 aliphatic carbocycles. The predicted molar refractivity (Wildman–Crippen MR) is 77.1 cm³/mol. The first-order valence-electron chi connectivity index (χ1n) is 7.34. The fraction of sp³-hybridized carbons (Fsp3) is 0.500. The van der Waals surface area contributed by atoms with Crippen LogP contribution in [0.3, 0.4) is 0 Å². The van der Waals surface area contributed by atoms with Crippen molar-refractivity contribution in [3.8, 4) is 0 Å². The van der Waals surface area contributed by atoms with Crippen LogP contribution < -0.4 is 5.32 Å². The Bertz CT molecular complexity index is 559. The van der Waals surface area contributed by atoms with Gasteiger partial charge in [0.25, 0.3) is 0 Å². The van der Waals surface area contributed by atoms with Crippen LogP contribution in [0.2, 0.25) is 0 Å². The van der Waals surface area contributed by atoms with Gasteiger partial charge >= 0.3 is 5.97 Å². The molecule has 1 heterocycles. The van der Waals surface area contributed by atoms with Gasteiger partial charge in [-0.2, -0.15) is 0 Å². The molecule has 1 amide bonds. The Morgan fingerprint density at radius 3 is 3.05 bits per heavy atom. The summed E-state index contributed by atoms with van der Waals surface area (Å²) in [5.74, 6) is -0.868. The molecule has 112 valence electrons. The highest BCUT2D eigenvalue weighted by Gasteiger charge is 2.52. The van der Waals surface area contributed by atoms with Crippen LogP contribution in [0.1, 0.15) is 31.2 Å². The zero-order valence-corrected chi connectivity index (χ0v) is 11.8. The molecule has 1 saturated carbocycles. The van der Waals surface area contributed by atoms with E-state index >= 15 is 0 Å². The van der Waals surface area contributed by atoms with E-state index in [1.807, 2.05) is 0 Å². The average molecular weight is 289 g/mol. The maximum atomic E-state index is 12.6. The van der Waals surface area contributed by atoms with Gasteiger partial charge in [-0.1, -0.05) is 12.1 Å². The number of anilines is 1. The van der Waals surface area contributed by atoms with Crippen molar-refractivity contribution in [2.24, 2.45) is 5.41 Å². The van der Waals surface area contributed by atoms with Crippen molar-refractivity contribution in [1.82, 2.24) is 0 Å². The van der Waals surface area contributed by atoms with E-state index in [4.69, 9.17) is 9.84 Å². The van der Waals surface area contributed by atoms with Gasteiger partial charge in [-0.25, -0.2) is 0 Å². The molecule has 3 rings (SSSR count). The van der Waals surface area contributed by atoms with Gasteiger partial charge in [0, 0.05) is 12.3 Å². The third-order valence-electron chi connectivity index (χ3n) is 4.57. The third kappa shape index (κ3) is 2.65. The molecule has 21 heavy (non-hydrogen) atoms. The van der Waals surface area contributed by atoms with Crippen molar-refractivity contribution in [3.63, 3.8) is 0 Å². The number of nitrogens with one attached hydrogen (secondary N) is 1. The first-order chi connectivity index (χ1) is 10.1. The quantitative estimate of drug-likeness (QED) is 0.891. The maximum absolute atomic E-state index is 12.6. The molecular weight excluding hydrogens is 270 g/mol. The summed E-state index contributed by atoms with van der Waals surface area (Å²) >= 11 is 0. The summed E-state index contributed by atoms with van der Waals surface area (Å²) in [6, 6.07) is 7.03. The van der Waals surface area contributed by atoms with Crippen LogP contribution >= 0.6 is 0 Å². The van der Waals surface area contributed by atoms with Crippen molar-refractivity contribution in [2.45, 2.75) is 38.2 Å². The monoisotopic (exact) mass is 289 g/mol. The molecule has 1 aromatic rings. The van der Waals surface area contributed by atoms with E-state index in [-0.39, 0.29) is 23.8 Å². The fourth-order valence-corrected chi connectivity index (χ4v) is 3.51. The normalized spacial score (nSPS) is 27.3. The van der Waals surface area contributed by atoms with Crippen LogP contribution in [-0.4, -0.2) is 29.7 Å². The van der Waals surface area contributed by atoms with Gasteiger partial charge in [0.2, 0.25) is 5.91 Å². The van der Waals surface area contributed by atoms with E-state index in [1.165, 1.54) is 0 Å². The minimum Gasteiger partial charge on any atom is -0.481 e. The summed E-state index contributed by atoms with van der Waals surface area (Å²) in [6.07, 6.45) is 3.63. The van der Waals surface area contributed by atoms with Crippen molar-refractivity contribution in [3.05, 3.63) is 29.8 Å². The Morgan fingerprint density at radius 1 is 1.38 bits per heavy atom. The Morgan fingerprint density at radius 2 is 2.24 bits per heavy atom. The molecule has 0 spiro atoms. The molecule has 2 N–H and O–H groups in total. The average Bonchev–Trinajstić information content (AvgIpc) is 2.97. The van der Waals surface area contributed by atoms with Crippen LogP contribution in [0.15, 0.2) is 24.3 Å². The first-order valence-corrected chi connectivity index (χ1v) is 7.34. The molecule has 5 nitrogen and oxygen atoms in total. The molecule has 1 aromatic carbocycles. The second-order valence-corrected chi connectivity index (χ2v) is 5.88. The minimum atomic E-state index is -0.878. The van der Waals surface area contributed by atoms with Crippen LogP contribution in [0, 0.1) is 5.41 Å². The molecular formula is C16H19NO4. The van der Waals surface area contributed by atoms with E-state index in [9.17, 15) is 9.59 Å². The number of hydrogen-bond donors (Lipinski definition) is 2. The van der Waals surface area contributed by atoms with Gasteiger partial charge in [0.1, 0.15) is 0 Å². The number of carboxylic acid groups (broad SMARTS) is 1. The molecule has 0 unspecified atom stereocenters. The lowest BCUT2D eigenvalue weighted by Crippen LogP contribution is -2.39. The van der Waals surface area contributed by atoms with Crippen molar-refractivity contribution in [2.75, 3.05) is 11.9 Å². The Balaban J connectivity index is 1.74. The second-order valence-electron chi connectivity index (χ2n) is 5.88. The third-order valence-corrected chi connectivity index (χ3v) is 4.57. The van der Waals surface area contributed by atoms with E-state index in [1.54, 1.807) is 24.3 Å². The van der Waals surface area contributed by atoms with Crippen molar-refractivity contribution in [1.29, 1.82) is 0 Å². The topological polar surface area (TPSA) is 75.6 Å². The van der Waals surface area contributed by atoms with Gasteiger partial charge in [-0.05, 0) is 43.4 Å². The standard InChI is InChI=1S/C16H19NO4/c18-14(19)10-11-3-1-4-12(9-11)17-15(20)16-6-2-5-13(16)21-8-7-16/h1,3-4,9,13H,2,5-8,10H2,(H,17,20)(H,18,19)/t13-,16+/m1/s1. The highest BCUT2D eigenvalue weighted by molar-refractivity contribution is 5.96. The Kier molecular flexibility index (Phi) is 3.68. The zero-order chi connectivity index (χ0) is 14.9. The molecule has 0 aromatic heterocycles. The Hall–Kier alpha value is -1.88. The van der Waals surface area contributed by atoms with Crippen molar-refractivity contribution < 1.29 is 19.4 Å². The van der Waals surface area contributed by atoms with Gasteiger partial charge < -0.3 is 15.2 Å². The summed E-state index contributed by atoms with van der Waals surface area (Å²) in [5.41, 5.74) is 0.956. The van der Waals surface area contributed by atoms with Crippen LogP contribution in [0.5, 0.6) is 0 Å². The molecule has 2 atom stereocenters. The van der Waals surface area contributed by atoms with Crippen molar-refractivity contribution >= 4 is 17.6 Å². The maximum Gasteiger partial charge on any atom is 0.307 e. The van der Waals surface area contributed by atoms with Crippen LogP contribution in [0.25, 0.3) is 0 Å². The summed E-state index contributed by atoms with van der Waals surface area (Å²) in [4.78, 5) is 23.4. The van der Waals surface area contributed by atoms with E-state index in [2.05, 4.69) is 5.32 Å². The van der Waals surface area contributed by atoms with Gasteiger partial charge in [0.05, 0.1) is 17.9 Å². The molecule has 1 saturated heterocycles. The number of hydrogen-bond acceptors (Lipinski definition) is 3. The summed E-state index contributed by atoms with van der Waals surface area (Å²) in [5, 5.41) is 11.8. The number of rotatable bonds is 4. The number of carbonyl (C=O) groups excluding carboxylic acids is 1. The first kappa shape index (κ1) is 14.1. The number of fused-ring (bicyclic) bond motifs is 1. The number of aliphatic carboxylic acids is 1. The molecule has 5 heteroatoms. The zero-order valence-electron chi connectivity index (χ0n) is 11.8. The van der Waals surface area contributed by atoms with E-state index < -0.39 is 5.97 Å². The molecule has 2 fully saturated rings. The number of amides is 1. The number of carboxylic acids is 1. The SMILES string of the molecule is O=C(O)Cc1cccc(NC(=O)[C@]23CCC[C@H]2OCC3)c1. The van der Waals surface area contributed by atoms with Gasteiger partial charge in [0.15, 0.2) is 0 Å². The molecule has 0 bridgehead atoms. The lowest BCUT2D eigenvalue weighted by molar-refractivity contribution is -0.136.